The summed E-state index contributed by atoms with van der Waals surface area (Å²) in [5.74, 6) is -1.08. The van der Waals surface area contributed by atoms with Crippen molar-refractivity contribution in [3.8, 4) is 0 Å². The molecule has 0 aromatic heterocycles. The SMILES string of the molecule is Cc1ccc2ccccc2c1S(=O)(=O)N(C)CCOCC(=O)O. The minimum Gasteiger partial charge on any atom is -0.480 e. The van der Waals surface area contributed by atoms with E-state index in [0.29, 0.717) is 10.9 Å². The number of ether oxygens (including phenoxy) is 1. The molecule has 7 heteroatoms. The predicted octanol–water partition coefficient (Wildman–Crippen LogP) is 1.87. The van der Waals surface area contributed by atoms with E-state index in [0.717, 1.165) is 5.39 Å². The lowest BCUT2D eigenvalue weighted by Crippen LogP contribution is -2.31. The van der Waals surface area contributed by atoms with Crippen molar-refractivity contribution in [1.82, 2.24) is 4.31 Å². The lowest BCUT2D eigenvalue weighted by Gasteiger charge is -2.19. The number of hydrogen-bond acceptors (Lipinski definition) is 4. The highest BCUT2D eigenvalue weighted by atomic mass is 32.2. The summed E-state index contributed by atoms with van der Waals surface area (Å²) < 4.78 is 31.8. The molecule has 0 unspecified atom stereocenters. The molecule has 0 spiro atoms. The number of carbonyl (C=O) groups is 1. The van der Waals surface area contributed by atoms with Gasteiger partial charge in [0.25, 0.3) is 0 Å². The van der Waals surface area contributed by atoms with Crippen molar-refractivity contribution in [3.63, 3.8) is 0 Å². The zero-order valence-corrected chi connectivity index (χ0v) is 13.8. The van der Waals surface area contributed by atoms with Gasteiger partial charge in [-0.25, -0.2) is 13.2 Å². The lowest BCUT2D eigenvalue weighted by atomic mass is 10.1. The van der Waals surface area contributed by atoms with E-state index in [4.69, 9.17) is 9.84 Å². The second-order valence-corrected chi connectivity index (χ2v) is 7.19. The van der Waals surface area contributed by atoms with Gasteiger partial charge in [-0.3, -0.25) is 0 Å². The van der Waals surface area contributed by atoms with Gasteiger partial charge in [0.05, 0.1) is 11.5 Å². The average Bonchev–Trinajstić information content (AvgIpc) is 2.50. The number of rotatable bonds is 7. The van der Waals surface area contributed by atoms with E-state index in [-0.39, 0.29) is 18.0 Å². The van der Waals surface area contributed by atoms with E-state index in [1.165, 1.54) is 11.4 Å². The number of carboxylic acid groups (broad SMARTS) is 1. The Labute approximate surface area is 135 Å². The minimum atomic E-state index is -3.69. The molecule has 0 bridgehead atoms. The van der Waals surface area contributed by atoms with Crippen LogP contribution in [0.4, 0.5) is 0 Å². The molecule has 0 saturated heterocycles. The summed E-state index contributed by atoms with van der Waals surface area (Å²) in [7, 11) is -2.23. The second-order valence-electron chi connectivity index (χ2n) is 5.21. The largest absolute Gasteiger partial charge is 0.480 e. The van der Waals surface area contributed by atoms with Gasteiger partial charge in [0, 0.05) is 19.0 Å². The first kappa shape index (κ1) is 17.4. The molecule has 1 N–H and O–H groups in total. The van der Waals surface area contributed by atoms with E-state index < -0.39 is 22.6 Å². The highest BCUT2D eigenvalue weighted by Crippen LogP contribution is 2.28. The van der Waals surface area contributed by atoms with Crippen molar-refractivity contribution >= 4 is 26.8 Å². The van der Waals surface area contributed by atoms with E-state index in [9.17, 15) is 13.2 Å². The molecule has 0 heterocycles. The third-order valence-electron chi connectivity index (χ3n) is 3.52. The monoisotopic (exact) mass is 337 g/mol. The van der Waals surface area contributed by atoms with Gasteiger partial charge >= 0.3 is 5.97 Å². The molecule has 124 valence electrons. The molecule has 23 heavy (non-hydrogen) atoms. The van der Waals surface area contributed by atoms with Crippen molar-refractivity contribution in [2.75, 3.05) is 26.8 Å². The van der Waals surface area contributed by atoms with Gasteiger partial charge in [0.15, 0.2) is 0 Å². The zero-order valence-electron chi connectivity index (χ0n) is 13.0. The Morgan fingerprint density at radius 1 is 1.22 bits per heavy atom. The number of benzene rings is 2. The maximum absolute atomic E-state index is 12.8. The molecule has 6 nitrogen and oxygen atoms in total. The number of carboxylic acids is 1. The zero-order chi connectivity index (χ0) is 17.0. The minimum absolute atomic E-state index is 0.0197. The van der Waals surface area contributed by atoms with Crippen molar-refractivity contribution < 1.29 is 23.1 Å². The molecule has 0 fully saturated rings. The van der Waals surface area contributed by atoms with Crippen LogP contribution in [-0.2, 0) is 19.6 Å². The van der Waals surface area contributed by atoms with Gasteiger partial charge in [-0.2, -0.15) is 4.31 Å². The van der Waals surface area contributed by atoms with Gasteiger partial charge < -0.3 is 9.84 Å². The molecule has 0 aliphatic carbocycles. The van der Waals surface area contributed by atoms with E-state index in [2.05, 4.69) is 0 Å². The highest BCUT2D eigenvalue weighted by Gasteiger charge is 2.24. The number of hydrogen-bond donors (Lipinski definition) is 1. The first-order valence-corrected chi connectivity index (χ1v) is 8.52. The van der Waals surface area contributed by atoms with Gasteiger partial charge in [-0.1, -0.05) is 36.4 Å². The van der Waals surface area contributed by atoms with Gasteiger partial charge in [-0.15, -0.1) is 0 Å². The molecule has 2 aromatic rings. The Kier molecular flexibility index (Phi) is 5.35. The van der Waals surface area contributed by atoms with Crippen LogP contribution in [0, 0.1) is 6.92 Å². The Morgan fingerprint density at radius 2 is 1.91 bits per heavy atom. The van der Waals surface area contributed by atoms with Crippen LogP contribution in [0.1, 0.15) is 5.56 Å². The number of sulfonamides is 1. The fraction of sp³-hybridized carbons (Fsp3) is 0.312. The van der Waals surface area contributed by atoms with Crippen molar-refractivity contribution in [2.45, 2.75) is 11.8 Å². The summed E-state index contributed by atoms with van der Waals surface area (Å²) in [6, 6.07) is 11.0. The molecule has 2 rings (SSSR count). The number of aliphatic carboxylic acids is 1. The molecule has 0 aliphatic rings. The Balaban J connectivity index is 2.29. The lowest BCUT2D eigenvalue weighted by molar-refractivity contribution is -0.142. The standard InChI is InChI=1S/C16H19NO5S/c1-12-7-8-13-5-3-4-6-14(13)16(12)23(20,21)17(2)9-10-22-11-15(18)19/h3-8H,9-11H2,1-2H3,(H,18,19). The van der Waals surface area contributed by atoms with Crippen LogP contribution in [-0.4, -0.2) is 50.6 Å². The summed E-state index contributed by atoms with van der Waals surface area (Å²) in [5, 5.41) is 10.0. The van der Waals surface area contributed by atoms with E-state index >= 15 is 0 Å². The first-order chi connectivity index (χ1) is 10.8. The number of aryl methyl sites for hydroxylation is 1. The van der Waals surface area contributed by atoms with Gasteiger partial charge in [-0.05, 0) is 17.9 Å². The third kappa shape index (κ3) is 3.87. The maximum Gasteiger partial charge on any atom is 0.329 e. The first-order valence-electron chi connectivity index (χ1n) is 7.08. The van der Waals surface area contributed by atoms with Crippen LogP contribution in [0.5, 0.6) is 0 Å². The summed E-state index contributed by atoms with van der Waals surface area (Å²) >= 11 is 0. The molecule has 0 saturated carbocycles. The van der Waals surface area contributed by atoms with Crippen LogP contribution >= 0.6 is 0 Å². The Hall–Kier alpha value is -1.96. The summed E-state index contributed by atoms with van der Waals surface area (Å²) in [5.41, 5.74) is 0.669. The third-order valence-corrected chi connectivity index (χ3v) is 5.58. The number of fused-ring (bicyclic) bond motifs is 1. The molecule has 2 aromatic carbocycles. The summed E-state index contributed by atoms with van der Waals surface area (Å²) in [6.45, 7) is 1.42. The second kappa shape index (κ2) is 7.08. The van der Waals surface area contributed by atoms with Crippen LogP contribution in [0.2, 0.25) is 0 Å². The quantitative estimate of drug-likeness (QED) is 0.780. The van der Waals surface area contributed by atoms with E-state index in [1.807, 2.05) is 18.2 Å². The fourth-order valence-electron chi connectivity index (χ4n) is 2.32. The molecular weight excluding hydrogens is 318 g/mol. The molecule has 0 amide bonds. The van der Waals surface area contributed by atoms with Crippen molar-refractivity contribution in [1.29, 1.82) is 0 Å². The van der Waals surface area contributed by atoms with E-state index in [1.54, 1.807) is 25.1 Å². The van der Waals surface area contributed by atoms with Gasteiger partial charge in [0.1, 0.15) is 6.61 Å². The highest BCUT2D eigenvalue weighted by molar-refractivity contribution is 7.89. The van der Waals surface area contributed by atoms with Crippen LogP contribution < -0.4 is 0 Å². The molecule has 0 atom stereocenters. The summed E-state index contributed by atoms with van der Waals surface area (Å²) in [6.07, 6.45) is 0. The van der Waals surface area contributed by atoms with Crippen LogP contribution in [0.3, 0.4) is 0 Å². The maximum atomic E-state index is 12.8. The number of nitrogens with zero attached hydrogens (tertiary/aromatic N) is 1. The van der Waals surface area contributed by atoms with Gasteiger partial charge in [0.2, 0.25) is 10.0 Å². The van der Waals surface area contributed by atoms with Crippen LogP contribution in [0.15, 0.2) is 41.3 Å². The Morgan fingerprint density at radius 3 is 2.61 bits per heavy atom. The predicted molar refractivity (Wildman–Crippen MR) is 87.0 cm³/mol. The van der Waals surface area contributed by atoms with Crippen molar-refractivity contribution in [2.24, 2.45) is 0 Å². The average molecular weight is 337 g/mol. The number of likely N-dealkylation sites (N-methyl/N-ethyl adjacent to an activating group) is 1. The topological polar surface area (TPSA) is 83.9 Å². The Bertz CT molecular complexity index is 816. The normalized spacial score (nSPS) is 12.0. The summed E-state index contributed by atoms with van der Waals surface area (Å²) in [4.78, 5) is 10.7. The van der Waals surface area contributed by atoms with Crippen molar-refractivity contribution in [3.05, 3.63) is 42.0 Å². The molecular formula is C16H19NO5S. The molecule has 0 aliphatic heterocycles. The molecule has 0 radical (unpaired) electrons. The van der Waals surface area contributed by atoms with Crippen LogP contribution in [0.25, 0.3) is 10.8 Å². The smallest absolute Gasteiger partial charge is 0.329 e. The fourth-order valence-corrected chi connectivity index (χ4v) is 3.89.